The van der Waals surface area contributed by atoms with Crippen LogP contribution in [0.1, 0.15) is 31.0 Å². The number of unbranched alkanes of at least 4 members (excludes halogenated alkanes) is 1. The molecule has 3 heterocycles. The third-order valence-electron chi connectivity index (χ3n) is 5.97. The molecule has 35 heavy (non-hydrogen) atoms. The molecule has 0 unspecified atom stereocenters. The van der Waals surface area contributed by atoms with Gasteiger partial charge in [-0.3, -0.25) is 14.1 Å². The molecule has 0 aliphatic heterocycles. The number of pyridine rings is 1. The summed E-state index contributed by atoms with van der Waals surface area (Å²) in [5.41, 5.74) is 4.54. The molecule has 0 fully saturated rings. The van der Waals surface area contributed by atoms with E-state index in [1.807, 2.05) is 30.3 Å². The average molecular weight is 470 g/mol. The van der Waals surface area contributed by atoms with Gasteiger partial charge in [-0.2, -0.15) is 5.21 Å². The van der Waals surface area contributed by atoms with E-state index in [-0.39, 0.29) is 11.4 Å². The van der Waals surface area contributed by atoms with Crippen LogP contribution in [0.5, 0.6) is 0 Å². The van der Waals surface area contributed by atoms with Crippen molar-refractivity contribution in [1.29, 1.82) is 0 Å². The fourth-order valence-electron chi connectivity index (χ4n) is 4.15. The number of hydrogen-bond acceptors (Lipinski definition) is 5. The molecular formula is C26H24FN7O. The number of hydrogen-bond donors (Lipinski definition) is 1. The number of tetrazole rings is 1. The van der Waals surface area contributed by atoms with E-state index >= 15 is 0 Å². The van der Waals surface area contributed by atoms with Crippen LogP contribution in [0.25, 0.3) is 28.2 Å². The number of aromatic amines is 1. The first-order valence-corrected chi connectivity index (χ1v) is 11.5. The van der Waals surface area contributed by atoms with Crippen molar-refractivity contribution in [1.82, 2.24) is 34.7 Å². The molecule has 2 aromatic carbocycles. The molecule has 0 aliphatic rings. The number of aromatic nitrogens is 7. The van der Waals surface area contributed by atoms with Gasteiger partial charge in [0.1, 0.15) is 5.82 Å². The molecule has 0 atom stereocenters. The molecule has 0 spiro atoms. The highest BCUT2D eigenvalue weighted by atomic mass is 19.1. The molecule has 176 valence electrons. The summed E-state index contributed by atoms with van der Waals surface area (Å²) < 4.78 is 17.6. The Kier molecular flexibility index (Phi) is 6.30. The third-order valence-corrected chi connectivity index (χ3v) is 5.97. The van der Waals surface area contributed by atoms with Crippen LogP contribution in [0.4, 0.5) is 4.39 Å². The van der Waals surface area contributed by atoms with Gasteiger partial charge in [-0.1, -0.05) is 49.7 Å². The Morgan fingerprint density at radius 3 is 2.60 bits per heavy atom. The summed E-state index contributed by atoms with van der Waals surface area (Å²) in [5, 5.41) is 14.2. The number of nitrogens with one attached hydrogen (secondary N) is 1. The molecule has 9 heteroatoms. The molecule has 0 saturated heterocycles. The number of H-pyrrole nitrogens is 1. The van der Waals surface area contributed by atoms with Crippen molar-refractivity contribution in [3.8, 4) is 28.2 Å². The number of nitrogens with zero attached hydrogens (tertiary/aromatic N) is 6. The van der Waals surface area contributed by atoms with Gasteiger partial charge in [-0.25, -0.2) is 9.18 Å². The summed E-state index contributed by atoms with van der Waals surface area (Å²) in [6.45, 7) is 2.50. The van der Waals surface area contributed by atoms with Gasteiger partial charge in [0.05, 0.1) is 12.2 Å². The van der Waals surface area contributed by atoms with Crippen LogP contribution < -0.4 is 5.69 Å². The van der Waals surface area contributed by atoms with Crippen LogP contribution in [0.3, 0.4) is 0 Å². The summed E-state index contributed by atoms with van der Waals surface area (Å²) in [5.74, 6) is 0.0479. The quantitative estimate of drug-likeness (QED) is 0.363. The minimum atomic E-state index is -0.423. The van der Waals surface area contributed by atoms with Crippen LogP contribution in [0, 0.1) is 5.82 Å². The highest BCUT2D eigenvalue weighted by molar-refractivity contribution is 5.79. The van der Waals surface area contributed by atoms with Crippen molar-refractivity contribution in [2.24, 2.45) is 0 Å². The van der Waals surface area contributed by atoms with Crippen LogP contribution in [-0.2, 0) is 13.0 Å². The largest absolute Gasteiger partial charge is 0.333 e. The maximum Gasteiger partial charge on any atom is 0.333 e. The Hall–Kier alpha value is -4.40. The van der Waals surface area contributed by atoms with E-state index in [0.29, 0.717) is 12.4 Å². The second-order valence-electron chi connectivity index (χ2n) is 8.27. The standard InChI is InChI=1S/C26H24FN7O/c1-2-3-6-20-17-34(24-8-5-4-7-23(24)27)26(35)33(20)16-18-9-11-19(12-10-18)21-13-14-28-15-22(21)25-29-31-32-30-25/h4-5,7-15,17H,2-3,6,16H2,1H3,(H,29,30,31,32). The lowest BCUT2D eigenvalue weighted by Gasteiger charge is -2.10. The summed E-state index contributed by atoms with van der Waals surface area (Å²) >= 11 is 0. The first-order valence-electron chi connectivity index (χ1n) is 11.5. The third kappa shape index (κ3) is 4.52. The van der Waals surface area contributed by atoms with Crippen LogP contribution in [-0.4, -0.2) is 34.7 Å². The second kappa shape index (κ2) is 9.84. The lowest BCUT2D eigenvalue weighted by Crippen LogP contribution is -2.25. The summed E-state index contributed by atoms with van der Waals surface area (Å²) in [7, 11) is 0. The minimum Gasteiger partial charge on any atom is -0.292 e. The molecule has 5 aromatic rings. The normalized spacial score (nSPS) is 11.1. The first kappa shape index (κ1) is 22.4. The van der Waals surface area contributed by atoms with Gasteiger partial charge < -0.3 is 0 Å². The minimum absolute atomic E-state index is 0.251. The second-order valence-corrected chi connectivity index (χ2v) is 8.27. The van der Waals surface area contributed by atoms with E-state index in [1.165, 1.54) is 10.6 Å². The lowest BCUT2D eigenvalue weighted by molar-refractivity contribution is 0.613. The number of halogens is 1. The smallest absolute Gasteiger partial charge is 0.292 e. The van der Waals surface area contributed by atoms with Gasteiger partial charge in [0.15, 0.2) is 0 Å². The highest BCUT2D eigenvalue weighted by Crippen LogP contribution is 2.29. The Morgan fingerprint density at radius 2 is 1.86 bits per heavy atom. The topological polar surface area (TPSA) is 94.3 Å². The van der Waals surface area contributed by atoms with E-state index < -0.39 is 5.82 Å². The number of rotatable bonds is 8. The zero-order chi connectivity index (χ0) is 24.2. The van der Waals surface area contributed by atoms with Crippen LogP contribution in [0.15, 0.2) is 78.0 Å². The van der Waals surface area contributed by atoms with E-state index in [4.69, 9.17) is 0 Å². The van der Waals surface area contributed by atoms with Crippen LogP contribution in [0.2, 0.25) is 0 Å². The van der Waals surface area contributed by atoms with Crippen molar-refractivity contribution < 1.29 is 4.39 Å². The number of benzene rings is 2. The van der Waals surface area contributed by atoms with Crippen molar-refractivity contribution in [2.45, 2.75) is 32.7 Å². The summed E-state index contributed by atoms with van der Waals surface area (Å²) in [6.07, 6.45) is 7.88. The molecule has 0 aliphatic carbocycles. The maximum atomic E-state index is 14.4. The SMILES string of the molecule is CCCCc1cn(-c2ccccc2F)c(=O)n1Cc1ccc(-c2ccncc2-c2nn[nH]n2)cc1. The fourth-order valence-corrected chi connectivity index (χ4v) is 4.15. The molecule has 3 aromatic heterocycles. The van der Waals surface area contributed by atoms with Gasteiger partial charge in [0.2, 0.25) is 5.82 Å². The predicted molar refractivity (Wildman–Crippen MR) is 131 cm³/mol. The molecule has 8 nitrogen and oxygen atoms in total. The van der Waals surface area contributed by atoms with Gasteiger partial charge in [-0.15, -0.1) is 10.2 Å². The van der Waals surface area contributed by atoms with E-state index in [1.54, 1.807) is 41.4 Å². The number of imidazole rings is 1. The van der Waals surface area contributed by atoms with Crippen molar-refractivity contribution in [3.63, 3.8) is 0 Å². The fraction of sp³-hybridized carbons (Fsp3) is 0.192. The highest BCUT2D eigenvalue weighted by Gasteiger charge is 2.16. The Balaban J connectivity index is 1.47. The van der Waals surface area contributed by atoms with Crippen LogP contribution >= 0.6 is 0 Å². The number of para-hydroxylation sites is 1. The van der Waals surface area contributed by atoms with Gasteiger partial charge in [0, 0.05) is 29.8 Å². The van der Waals surface area contributed by atoms with Gasteiger partial charge in [0.25, 0.3) is 0 Å². The number of aryl methyl sites for hydroxylation is 1. The molecule has 0 radical (unpaired) electrons. The Morgan fingerprint density at radius 1 is 1.03 bits per heavy atom. The molecule has 0 amide bonds. The van der Waals surface area contributed by atoms with Crippen molar-refractivity contribution >= 4 is 0 Å². The zero-order valence-corrected chi connectivity index (χ0v) is 19.2. The summed E-state index contributed by atoms with van der Waals surface area (Å²) in [6, 6.07) is 16.2. The summed E-state index contributed by atoms with van der Waals surface area (Å²) in [4.78, 5) is 17.5. The lowest BCUT2D eigenvalue weighted by atomic mass is 10.00. The Labute approximate surface area is 201 Å². The first-order chi connectivity index (χ1) is 17.2. The molecular weight excluding hydrogens is 445 g/mol. The monoisotopic (exact) mass is 469 g/mol. The predicted octanol–water partition coefficient (Wildman–Crippen LogP) is 4.41. The molecule has 0 saturated carbocycles. The van der Waals surface area contributed by atoms with Gasteiger partial charge in [-0.05, 0) is 52.9 Å². The zero-order valence-electron chi connectivity index (χ0n) is 19.2. The molecule has 0 bridgehead atoms. The van der Waals surface area contributed by atoms with Crippen molar-refractivity contribution in [2.75, 3.05) is 0 Å². The molecule has 5 rings (SSSR count). The maximum absolute atomic E-state index is 14.4. The van der Waals surface area contributed by atoms with E-state index in [2.05, 4.69) is 32.5 Å². The van der Waals surface area contributed by atoms with E-state index in [0.717, 1.165) is 47.2 Å². The van der Waals surface area contributed by atoms with E-state index in [9.17, 15) is 9.18 Å². The van der Waals surface area contributed by atoms with Crippen molar-refractivity contribution in [3.05, 3.63) is 101 Å². The van der Waals surface area contributed by atoms with Gasteiger partial charge >= 0.3 is 5.69 Å². The average Bonchev–Trinajstić information content (AvgIpc) is 3.53. The Bertz CT molecular complexity index is 1490. The molecule has 1 N–H and O–H groups in total.